The van der Waals surface area contributed by atoms with Crippen LogP contribution in [0.15, 0.2) is 211 Å². The summed E-state index contributed by atoms with van der Waals surface area (Å²) in [5.74, 6) is 0. The maximum absolute atomic E-state index is 6.73. The molecule has 13 aromatic rings. The second kappa shape index (κ2) is 12.4. The van der Waals surface area contributed by atoms with E-state index in [0.29, 0.717) is 0 Å². The molecule has 0 amide bonds. The van der Waals surface area contributed by atoms with Gasteiger partial charge in [-0.3, -0.25) is 0 Å². The summed E-state index contributed by atoms with van der Waals surface area (Å²) in [6, 6.07) is 75.8. The Hall–Kier alpha value is -7.74. The van der Waals surface area contributed by atoms with Gasteiger partial charge in [-0.15, -0.1) is 0 Å². The molecule has 0 aliphatic heterocycles. The van der Waals surface area contributed by atoms with Crippen LogP contribution in [-0.2, 0) is 0 Å². The molecule has 0 aliphatic carbocycles. The minimum Gasteiger partial charge on any atom is -0.455 e. The fourth-order valence-corrected chi connectivity index (χ4v) is 10.1. The van der Waals surface area contributed by atoms with Gasteiger partial charge in [0.25, 0.3) is 0 Å². The van der Waals surface area contributed by atoms with Crippen LogP contribution in [0.3, 0.4) is 0 Å². The molecule has 1 nitrogen and oxygen atoms in total. The predicted octanol–water partition coefficient (Wildman–Crippen LogP) is 16.7. The van der Waals surface area contributed by atoms with Crippen molar-refractivity contribution in [1.29, 1.82) is 0 Å². The number of benzene rings is 12. The first-order valence-corrected chi connectivity index (χ1v) is 20.4. The quantitative estimate of drug-likeness (QED) is 0.130. The van der Waals surface area contributed by atoms with Gasteiger partial charge in [0.1, 0.15) is 11.2 Å². The van der Waals surface area contributed by atoms with Crippen LogP contribution in [0, 0.1) is 0 Å². The van der Waals surface area contributed by atoms with Crippen molar-refractivity contribution < 1.29 is 4.42 Å². The summed E-state index contributed by atoms with van der Waals surface area (Å²) in [4.78, 5) is 0. The molecule has 13 rings (SSSR count). The minimum absolute atomic E-state index is 0.919. The Morgan fingerprint density at radius 3 is 1.41 bits per heavy atom. The topological polar surface area (TPSA) is 13.1 Å². The number of hydrogen-bond donors (Lipinski definition) is 0. The van der Waals surface area contributed by atoms with Crippen LogP contribution >= 0.6 is 0 Å². The van der Waals surface area contributed by atoms with Crippen molar-refractivity contribution in [3.8, 4) is 33.4 Å². The van der Waals surface area contributed by atoms with Gasteiger partial charge in [-0.05, 0) is 134 Å². The summed E-state index contributed by atoms with van der Waals surface area (Å²) in [5.41, 5.74) is 9.33. The molecule has 0 radical (unpaired) electrons. The second-order valence-corrected chi connectivity index (χ2v) is 16.0. The summed E-state index contributed by atoms with van der Waals surface area (Å²) < 4.78 is 6.73. The zero-order chi connectivity index (χ0) is 38.6. The number of rotatable bonds is 3. The van der Waals surface area contributed by atoms with E-state index < -0.39 is 0 Å². The van der Waals surface area contributed by atoms with Gasteiger partial charge in [0, 0.05) is 16.2 Å². The highest BCUT2D eigenvalue weighted by Gasteiger charge is 2.19. The SMILES string of the molecule is c1ccc2c(-c3c4ccccc4c(-c4ccc5cc(-c6ccc7cc8c(cc7c6)oc6c7ccccc7c7ccccc7c86)ccc5c4)c4ccccc34)cccc2c1. The zero-order valence-electron chi connectivity index (χ0n) is 32.0. The van der Waals surface area contributed by atoms with E-state index in [2.05, 4.69) is 206 Å². The third-order valence-corrected chi connectivity index (χ3v) is 12.8. The third-order valence-electron chi connectivity index (χ3n) is 12.8. The van der Waals surface area contributed by atoms with E-state index in [-0.39, 0.29) is 0 Å². The van der Waals surface area contributed by atoms with E-state index >= 15 is 0 Å². The van der Waals surface area contributed by atoms with Crippen LogP contribution in [0.25, 0.3) is 131 Å². The van der Waals surface area contributed by atoms with Gasteiger partial charge in [-0.1, -0.05) is 176 Å². The molecule has 0 N–H and O–H groups in total. The monoisotopic (exact) mass is 746 g/mol. The van der Waals surface area contributed by atoms with Crippen molar-refractivity contribution in [2.45, 2.75) is 0 Å². The molecular formula is C58H34O. The number of hydrogen-bond acceptors (Lipinski definition) is 1. The maximum Gasteiger partial charge on any atom is 0.143 e. The summed E-state index contributed by atoms with van der Waals surface area (Å²) in [6.07, 6.45) is 0. The first-order valence-electron chi connectivity index (χ1n) is 20.4. The van der Waals surface area contributed by atoms with Gasteiger partial charge in [0.15, 0.2) is 0 Å². The summed E-state index contributed by atoms with van der Waals surface area (Å²) >= 11 is 0. The largest absolute Gasteiger partial charge is 0.455 e. The van der Waals surface area contributed by atoms with Gasteiger partial charge in [-0.2, -0.15) is 0 Å². The molecule has 0 fully saturated rings. The zero-order valence-corrected chi connectivity index (χ0v) is 32.0. The standard InChI is InChI=1S/C58H34O/c1-2-14-43-35(12-1)13-11-23-46(43)56-50-20-8-6-18-48(50)55(49-19-7-9-21-51(49)56)41-29-28-37-30-36(24-25-38(37)31-41)39-26-27-40-33-53-54(34-42(40)32-39)59-58-52-22-10-4-16-45(52)44-15-3-5-17-47(44)57(53)58/h1-34H. The lowest BCUT2D eigenvalue weighted by atomic mass is 9.84. The molecule has 272 valence electrons. The Bertz CT molecular complexity index is 3840. The smallest absolute Gasteiger partial charge is 0.143 e. The van der Waals surface area contributed by atoms with Crippen molar-refractivity contribution in [3.63, 3.8) is 0 Å². The Balaban J connectivity index is 0.936. The van der Waals surface area contributed by atoms with Crippen LogP contribution in [0.2, 0.25) is 0 Å². The molecule has 59 heavy (non-hydrogen) atoms. The Labute approximate surface area is 340 Å². The summed E-state index contributed by atoms with van der Waals surface area (Å²) in [5, 5.41) is 19.6. The highest BCUT2D eigenvalue weighted by molar-refractivity contribution is 6.31. The molecule has 1 heteroatoms. The van der Waals surface area contributed by atoms with E-state index in [9.17, 15) is 0 Å². The van der Waals surface area contributed by atoms with Crippen LogP contribution in [0.4, 0.5) is 0 Å². The fourth-order valence-electron chi connectivity index (χ4n) is 10.1. The normalized spacial score (nSPS) is 12.1. The molecule has 0 bridgehead atoms. The highest BCUT2D eigenvalue weighted by atomic mass is 16.3. The molecule has 0 saturated carbocycles. The van der Waals surface area contributed by atoms with Crippen LogP contribution < -0.4 is 0 Å². The molecule has 0 saturated heterocycles. The Kier molecular flexibility index (Phi) is 6.79. The Morgan fingerprint density at radius 2 is 0.729 bits per heavy atom. The van der Waals surface area contributed by atoms with Gasteiger partial charge in [-0.25, -0.2) is 0 Å². The van der Waals surface area contributed by atoms with E-state index in [1.165, 1.54) is 109 Å². The first-order chi connectivity index (χ1) is 29.2. The van der Waals surface area contributed by atoms with Crippen molar-refractivity contribution >= 4 is 97.3 Å². The van der Waals surface area contributed by atoms with Gasteiger partial charge >= 0.3 is 0 Å². The number of fused-ring (bicyclic) bond motifs is 13. The second-order valence-electron chi connectivity index (χ2n) is 16.0. The average Bonchev–Trinajstić information content (AvgIpc) is 3.68. The molecule has 1 heterocycles. The van der Waals surface area contributed by atoms with Crippen LogP contribution in [0.1, 0.15) is 0 Å². The summed E-state index contributed by atoms with van der Waals surface area (Å²) in [7, 11) is 0. The van der Waals surface area contributed by atoms with Gasteiger partial charge < -0.3 is 4.42 Å². The molecule has 1 aromatic heterocycles. The van der Waals surface area contributed by atoms with Crippen LogP contribution in [-0.4, -0.2) is 0 Å². The fraction of sp³-hybridized carbons (Fsp3) is 0. The lowest BCUT2D eigenvalue weighted by Crippen LogP contribution is -1.91. The molecule has 12 aromatic carbocycles. The Morgan fingerprint density at radius 1 is 0.254 bits per heavy atom. The van der Waals surface area contributed by atoms with E-state index in [0.717, 1.165) is 21.9 Å². The molecule has 0 aliphatic rings. The van der Waals surface area contributed by atoms with Crippen molar-refractivity contribution in [2.24, 2.45) is 0 Å². The molecular weight excluding hydrogens is 713 g/mol. The van der Waals surface area contributed by atoms with Gasteiger partial charge in [0.2, 0.25) is 0 Å². The average molecular weight is 747 g/mol. The van der Waals surface area contributed by atoms with Crippen molar-refractivity contribution in [1.82, 2.24) is 0 Å². The minimum atomic E-state index is 0.919. The molecule has 0 spiro atoms. The van der Waals surface area contributed by atoms with E-state index in [4.69, 9.17) is 4.42 Å². The predicted molar refractivity (Wildman–Crippen MR) is 253 cm³/mol. The maximum atomic E-state index is 6.73. The highest BCUT2D eigenvalue weighted by Crippen LogP contribution is 2.46. The molecule has 0 unspecified atom stereocenters. The lowest BCUT2D eigenvalue weighted by molar-refractivity contribution is 0.673. The van der Waals surface area contributed by atoms with Crippen molar-refractivity contribution in [2.75, 3.05) is 0 Å². The number of furan rings is 1. The van der Waals surface area contributed by atoms with E-state index in [1.807, 2.05) is 0 Å². The third kappa shape index (κ3) is 4.79. The summed E-state index contributed by atoms with van der Waals surface area (Å²) in [6.45, 7) is 0. The molecule has 0 atom stereocenters. The van der Waals surface area contributed by atoms with E-state index in [1.54, 1.807) is 0 Å². The lowest BCUT2D eigenvalue weighted by Gasteiger charge is -2.19. The van der Waals surface area contributed by atoms with Crippen molar-refractivity contribution in [3.05, 3.63) is 206 Å². The van der Waals surface area contributed by atoms with Crippen LogP contribution in [0.5, 0.6) is 0 Å². The first kappa shape index (κ1) is 32.4. The van der Waals surface area contributed by atoms with Gasteiger partial charge in [0.05, 0.1) is 0 Å².